The Hall–Kier alpha value is -3.83. The highest BCUT2D eigenvalue weighted by Gasteiger charge is 2.86. The minimum absolute atomic E-state index is 0.00730. The van der Waals surface area contributed by atoms with Crippen molar-refractivity contribution in [3.05, 3.63) is 42.0 Å². The third kappa shape index (κ3) is 2.94. The summed E-state index contributed by atoms with van der Waals surface area (Å²) in [4.78, 5) is 23.7. The number of rotatable bonds is 7. The summed E-state index contributed by atoms with van der Waals surface area (Å²) in [7, 11) is 1.09. The van der Waals surface area contributed by atoms with E-state index in [9.17, 15) is 25.4 Å². The van der Waals surface area contributed by atoms with Crippen LogP contribution in [0.2, 0.25) is 0 Å². The minimum atomic E-state index is -1.95. The highest BCUT2D eigenvalue weighted by atomic mass is 16.6. The first-order chi connectivity index (χ1) is 13.4. The molecule has 1 aromatic rings. The first-order valence-corrected chi connectivity index (χ1v) is 8.22. The van der Waals surface area contributed by atoms with Crippen LogP contribution in [0.15, 0.2) is 36.4 Å². The number of benzene rings is 1. The monoisotopic (exact) mass is 379 g/mol. The van der Waals surface area contributed by atoms with Crippen LogP contribution in [0.1, 0.15) is 18.4 Å². The molecule has 1 saturated carbocycles. The zero-order valence-electron chi connectivity index (χ0n) is 15.4. The molecule has 2 atom stereocenters. The molecule has 1 aromatic carbocycles. The molecule has 8 nitrogen and oxygen atoms in total. The van der Waals surface area contributed by atoms with Gasteiger partial charge in [-0.15, -0.1) is 0 Å². The van der Waals surface area contributed by atoms with Gasteiger partial charge in [-0.25, -0.2) is 4.79 Å². The van der Waals surface area contributed by atoms with Crippen molar-refractivity contribution in [1.82, 2.24) is 0 Å². The van der Waals surface area contributed by atoms with Crippen molar-refractivity contribution in [3.63, 3.8) is 0 Å². The summed E-state index contributed by atoms with van der Waals surface area (Å²) in [6.07, 6.45) is 0. The van der Waals surface area contributed by atoms with Gasteiger partial charge in [0.1, 0.15) is 19.0 Å². The fourth-order valence-corrected chi connectivity index (χ4v) is 3.17. The topological polar surface area (TPSA) is 133 Å². The standard InChI is InChI=1S/C20H17N3O5/c1-13(2)17(24)28-9-8-27-15-7-5-4-6-14(15)16-19(10-21,11-22)20(16,12-23)18(25)26-3/h4-7,16H,1,8-9H2,2-3H3. The average molecular weight is 379 g/mol. The number of hydrogen-bond donors (Lipinski definition) is 0. The SMILES string of the molecule is C=C(C)C(=O)OCCOc1ccccc1C1C(C#N)(C#N)C1(C#N)C(=O)OC. The summed E-state index contributed by atoms with van der Waals surface area (Å²) in [5.74, 6) is -2.27. The predicted octanol–water partition coefficient (Wildman–Crippen LogP) is 2.00. The molecule has 1 fully saturated rings. The maximum absolute atomic E-state index is 12.3. The van der Waals surface area contributed by atoms with Gasteiger partial charge in [-0.05, 0) is 13.0 Å². The van der Waals surface area contributed by atoms with Gasteiger partial charge in [0.15, 0.2) is 10.8 Å². The third-order valence-electron chi connectivity index (χ3n) is 4.59. The number of ether oxygens (including phenoxy) is 3. The van der Waals surface area contributed by atoms with E-state index in [-0.39, 0.29) is 24.5 Å². The van der Waals surface area contributed by atoms with E-state index < -0.39 is 28.7 Å². The summed E-state index contributed by atoms with van der Waals surface area (Å²) in [5.41, 5.74) is -3.23. The molecular weight excluding hydrogens is 362 g/mol. The molecule has 2 rings (SSSR count). The van der Waals surface area contributed by atoms with Crippen molar-refractivity contribution in [2.24, 2.45) is 10.8 Å². The van der Waals surface area contributed by atoms with Crippen molar-refractivity contribution >= 4 is 11.9 Å². The molecule has 2 unspecified atom stereocenters. The number of nitriles is 3. The third-order valence-corrected chi connectivity index (χ3v) is 4.59. The quantitative estimate of drug-likeness (QED) is 0.399. The second-order valence-electron chi connectivity index (χ2n) is 6.18. The summed E-state index contributed by atoms with van der Waals surface area (Å²) >= 11 is 0. The number of esters is 2. The van der Waals surface area contributed by atoms with E-state index in [0.717, 1.165) is 7.11 Å². The molecule has 0 N–H and O–H groups in total. The molecule has 0 bridgehead atoms. The van der Waals surface area contributed by atoms with Gasteiger partial charge in [0.05, 0.1) is 31.2 Å². The molecule has 142 valence electrons. The van der Waals surface area contributed by atoms with Crippen molar-refractivity contribution in [3.8, 4) is 24.0 Å². The lowest BCUT2D eigenvalue weighted by Crippen LogP contribution is -2.22. The second kappa shape index (κ2) is 7.82. The molecule has 8 heteroatoms. The summed E-state index contributed by atoms with van der Waals surface area (Å²) in [5, 5.41) is 28.8. The molecular formula is C20H17N3O5. The Bertz CT molecular complexity index is 936. The Kier molecular flexibility index (Phi) is 5.72. The molecule has 0 heterocycles. The molecule has 0 spiro atoms. The lowest BCUT2D eigenvalue weighted by molar-refractivity contribution is -0.145. The Labute approximate surface area is 162 Å². The van der Waals surface area contributed by atoms with Gasteiger partial charge < -0.3 is 14.2 Å². The molecule has 0 saturated heterocycles. The van der Waals surface area contributed by atoms with Crippen molar-refractivity contribution in [2.75, 3.05) is 20.3 Å². The maximum atomic E-state index is 12.3. The lowest BCUT2D eigenvalue weighted by atomic mass is 9.97. The Morgan fingerprint density at radius 1 is 1.14 bits per heavy atom. The van der Waals surface area contributed by atoms with Gasteiger partial charge in [-0.2, -0.15) is 15.8 Å². The van der Waals surface area contributed by atoms with Crippen molar-refractivity contribution in [1.29, 1.82) is 15.8 Å². The lowest BCUT2D eigenvalue weighted by Gasteiger charge is -2.12. The average Bonchev–Trinajstić information content (AvgIpc) is 3.33. The first kappa shape index (κ1) is 20.5. The van der Waals surface area contributed by atoms with Gasteiger partial charge in [-0.3, -0.25) is 4.79 Å². The predicted molar refractivity (Wildman–Crippen MR) is 94.2 cm³/mol. The fourth-order valence-electron chi connectivity index (χ4n) is 3.17. The number of nitrogens with zero attached hydrogens (tertiary/aromatic N) is 3. The van der Waals surface area contributed by atoms with Crippen molar-refractivity contribution < 1.29 is 23.8 Å². The van der Waals surface area contributed by atoms with Crippen LogP contribution >= 0.6 is 0 Å². The number of carbonyl (C=O) groups excluding carboxylic acids is 2. The van der Waals surface area contributed by atoms with Crippen LogP contribution < -0.4 is 4.74 Å². The van der Waals surface area contributed by atoms with Gasteiger partial charge in [0, 0.05) is 11.1 Å². The van der Waals surface area contributed by atoms with E-state index in [4.69, 9.17) is 14.2 Å². The molecule has 0 radical (unpaired) electrons. The molecule has 28 heavy (non-hydrogen) atoms. The van der Waals surface area contributed by atoms with Crippen LogP contribution in [0.4, 0.5) is 0 Å². The zero-order chi connectivity index (χ0) is 20.9. The number of para-hydroxylation sites is 1. The van der Waals surface area contributed by atoms with E-state index in [1.54, 1.807) is 24.3 Å². The van der Waals surface area contributed by atoms with Crippen LogP contribution in [0, 0.1) is 44.8 Å². The smallest absolute Gasteiger partial charge is 0.333 e. The number of carbonyl (C=O) groups is 2. The van der Waals surface area contributed by atoms with Crippen LogP contribution in [-0.2, 0) is 19.1 Å². The van der Waals surface area contributed by atoms with Gasteiger partial charge in [0.2, 0.25) is 0 Å². The van der Waals surface area contributed by atoms with Gasteiger partial charge in [0.25, 0.3) is 0 Å². The van der Waals surface area contributed by atoms with E-state index >= 15 is 0 Å². The highest BCUT2D eigenvalue weighted by molar-refractivity contribution is 5.91. The molecule has 0 aliphatic heterocycles. The van der Waals surface area contributed by atoms with E-state index in [2.05, 4.69) is 6.58 Å². The Balaban J connectivity index is 2.31. The Morgan fingerprint density at radius 3 is 2.32 bits per heavy atom. The number of hydrogen-bond acceptors (Lipinski definition) is 8. The maximum Gasteiger partial charge on any atom is 0.333 e. The summed E-state index contributed by atoms with van der Waals surface area (Å²) in [6.45, 7) is 4.93. The fraction of sp³-hybridized carbons (Fsp3) is 0.350. The van der Waals surface area contributed by atoms with E-state index in [1.165, 1.54) is 6.92 Å². The van der Waals surface area contributed by atoms with Gasteiger partial charge in [-0.1, -0.05) is 24.8 Å². The van der Waals surface area contributed by atoms with E-state index in [1.807, 2.05) is 18.2 Å². The molecule has 0 aromatic heterocycles. The summed E-state index contributed by atoms with van der Waals surface area (Å²) in [6, 6.07) is 11.9. The first-order valence-electron chi connectivity index (χ1n) is 8.22. The van der Waals surface area contributed by atoms with Crippen LogP contribution in [0.3, 0.4) is 0 Å². The number of methoxy groups -OCH3 is 1. The molecule has 1 aliphatic rings. The van der Waals surface area contributed by atoms with Crippen LogP contribution in [0.25, 0.3) is 0 Å². The summed E-state index contributed by atoms with van der Waals surface area (Å²) < 4.78 is 15.3. The van der Waals surface area contributed by atoms with E-state index in [0.29, 0.717) is 5.56 Å². The zero-order valence-corrected chi connectivity index (χ0v) is 15.4. The van der Waals surface area contributed by atoms with Crippen molar-refractivity contribution in [2.45, 2.75) is 12.8 Å². The van der Waals surface area contributed by atoms with Gasteiger partial charge >= 0.3 is 11.9 Å². The minimum Gasteiger partial charge on any atom is -0.490 e. The van der Waals surface area contributed by atoms with Crippen LogP contribution in [0.5, 0.6) is 5.75 Å². The normalized spacial score (nSPS) is 21.2. The highest BCUT2D eigenvalue weighted by Crippen LogP contribution is 2.75. The second-order valence-corrected chi connectivity index (χ2v) is 6.18. The molecule has 1 aliphatic carbocycles. The largest absolute Gasteiger partial charge is 0.490 e. The molecule has 0 amide bonds. The van der Waals surface area contributed by atoms with Crippen LogP contribution in [-0.4, -0.2) is 32.3 Å². The Morgan fingerprint density at radius 2 is 1.79 bits per heavy atom.